The molecule has 1 heterocycles. The van der Waals surface area contributed by atoms with Gasteiger partial charge in [-0.05, 0) is 52.0 Å². The average molecular weight is 448 g/mol. The van der Waals surface area contributed by atoms with E-state index in [2.05, 4.69) is 0 Å². The second-order valence-electron chi connectivity index (χ2n) is 8.63. The minimum Gasteiger partial charge on any atom is -0.489 e. The number of hydrogen-bond donors (Lipinski definition) is 0. The van der Waals surface area contributed by atoms with Gasteiger partial charge in [-0.25, -0.2) is 4.79 Å². The number of nitrogens with zero attached hydrogens (tertiary/aromatic N) is 1. The Morgan fingerprint density at radius 3 is 2.32 bits per heavy atom. The summed E-state index contributed by atoms with van der Waals surface area (Å²) in [5.41, 5.74) is 0.279. The number of carbonyl (C=O) groups is 1. The molecule has 3 rings (SSSR count). The third kappa shape index (κ3) is 6.45. The predicted molar refractivity (Wildman–Crippen MR) is 117 cm³/mol. The number of aryl methyl sites for hydroxylation is 1. The number of hydrogen-bond acceptors (Lipinski definition) is 6. The van der Waals surface area contributed by atoms with E-state index in [0.717, 1.165) is 5.56 Å². The Labute approximate surface area is 184 Å². The van der Waals surface area contributed by atoms with Crippen LogP contribution in [0.5, 0.6) is 5.75 Å². The minimum absolute atomic E-state index is 0.0806. The van der Waals surface area contributed by atoms with E-state index in [1.165, 1.54) is 17.0 Å². The number of likely N-dealkylation sites (tertiary alicyclic amines) is 1. The lowest BCUT2D eigenvalue weighted by Crippen LogP contribution is -2.42. The summed E-state index contributed by atoms with van der Waals surface area (Å²) in [6.07, 6.45) is -0.393. The molecule has 8 heteroatoms. The molecule has 0 N–H and O–H groups in total. The topological polar surface area (TPSA) is 82.1 Å². The normalized spacial score (nSPS) is 19.3. The molecule has 31 heavy (non-hydrogen) atoms. The fourth-order valence-electron chi connectivity index (χ4n) is 3.29. The van der Waals surface area contributed by atoms with Crippen LogP contribution in [-0.2, 0) is 19.0 Å². The van der Waals surface area contributed by atoms with Crippen LogP contribution >= 0.6 is 0 Å². The average Bonchev–Trinajstić information content (AvgIpc) is 3.09. The van der Waals surface area contributed by atoms with Crippen LogP contribution in [0.25, 0.3) is 0 Å². The van der Waals surface area contributed by atoms with Gasteiger partial charge in [-0.15, -0.1) is 0 Å². The first-order chi connectivity index (χ1) is 14.5. The van der Waals surface area contributed by atoms with Gasteiger partial charge in [-0.1, -0.05) is 35.9 Å². The summed E-state index contributed by atoms with van der Waals surface area (Å²) in [5.74, 6) is 0.686. The van der Waals surface area contributed by atoms with Crippen LogP contribution in [0.15, 0.2) is 59.5 Å². The van der Waals surface area contributed by atoms with Gasteiger partial charge >= 0.3 is 6.09 Å². The smallest absolute Gasteiger partial charge is 0.410 e. The van der Waals surface area contributed by atoms with Crippen LogP contribution in [0.3, 0.4) is 0 Å². The lowest BCUT2D eigenvalue weighted by molar-refractivity contribution is 0.0177. The molecule has 7 nitrogen and oxygen atoms in total. The highest BCUT2D eigenvalue weighted by Crippen LogP contribution is 2.26. The number of carbonyl (C=O) groups excluding carboxylic acids is 1. The van der Waals surface area contributed by atoms with E-state index in [0.29, 0.717) is 12.2 Å². The highest BCUT2D eigenvalue weighted by Gasteiger charge is 2.39. The van der Waals surface area contributed by atoms with E-state index in [1.54, 1.807) is 32.9 Å². The Bertz CT molecular complexity index is 983. The fraction of sp³-hybridized carbons (Fsp3) is 0.435. The van der Waals surface area contributed by atoms with Crippen LogP contribution in [-0.4, -0.2) is 50.3 Å². The molecular formula is C23H29NO6S. The molecule has 1 amide bonds. The summed E-state index contributed by atoms with van der Waals surface area (Å²) < 4.78 is 42.0. The molecule has 1 saturated heterocycles. The third-order valence-electron chi connectivity index (χ3n) is 4.78. The molecule has 2 atom stereocenters. The number of ether oxygens (including phenoxy) is 2. The van der Waals surface area contributed by atoms with Crippen molar-refractivity contribution >= 4 is 16.2 Å². The Hall–Kier alpha value is -2.58. The molecule has 0 spiro atoms. The standard InChI is InChI=1S/C23H29NO6S/c1-17-10-12-21(13-11-17)31(26,27)28-16-18-14-20(29-19-8-6-5-7-9-19)15-24(18)22(25)30-23(2,3)4/h5-13,18,20H,14-16H2,1-4H3/t18-,20-/m0/s1. The molecular weight excluding hydrogens is 418 g/mol. The molecule has 168 valence electrons. The van der Waals surface area contributed by atoms with E-state index < -0.39 is 27.9 Å². The molecule has 2 aromatic rings. The highest BCUT2D eigenvalue weighted by molar-refractivity contribution is 7.86. The fourth-order valence-corrected chi connectivity index (χ4v) is 4.24. The Morgan fingerprint density at radius 1 is 1.06 bits per heavy atom. The minimum atomic E-state index is -3.94. The van der Waals surface area contributed by atoms with Crippen molar-refractivity contribution in [2.45, 2.75) is 56.8 Å². The Balaban J connectivity index is 1.72. The summed E-state index contributed by atoms with van der Waals surface area (Å²) in [6, 6.07) is 15.2. The summed E-state index contributed by atoms with van der Waals surface area (Å²) in [5, 5.41) is 0. The largest absolute Gasteiger partial charge is 0.489 e. The van der Waals surface area contributed by atoms with E-state index in [9.17, 15) is 13.2 Å². The summed E-state index contributed by atoms with van der Waals surface area (Å²) >= 11 is 0. The van der Waals surface area contributed by atoms with Crippen molar-refractivity contribution in [2.24, 2.45) is 0 Å². The lowest BCUT2D eigenvalue weighted by Gasteiger charge is -2.28. The first kappa shape index (κ1) is 23.1. The highest BCUT2D eigenvalue weighted by atomic mass is 32.2. The van der Waals surface area contributed by atoms with Gasteiger partial charge in [0.1, 0.15) is 17.5 Å². The van der Waals surface area contributed by atoms with Gasteiger partial charge in [0, 0.05) is 6.42 Å². The van der Waals surface area contributed by atoms with E-state index >= 15 is 0 Å². The number of benzene rings is 2. The number of amides is 1. The van der Waals surface area contributed by atoms with Gasteiger partial charge in [0.25, 0.3) is 10.1 Å². The number of rotatable bonds is 6. The van der Waals surface area contributed by atoms with E-state index in [-0.39, 0.29) is 24.2 Å². The molecule has 1 aliphatic heterocycles. The van der Waals surface area contributed by atoms with Gasteiger partial charge in [0.2, 0.25) is 0 Å². The van der Waals surface area contributed by atoms with Crippen molar-refractivity contribution in [3.05, 3.63) is 60.2 Å². The SMILES string of the molecule is Cc1ccc(S(=O)(=O)OC[C@@H]2C[C@H](Oc3ccccc3)CN2C(=O)OC(C)(C)C)cc1. The molecule has 0 unspecified atom stereocenters. The van der Waals surface area contributed by atoms with Gasteiger partial charge < -0.3 is 9.47 Å². The maximum absolute atomic E-state index is 12.7. The predicted octanol–water partition coefficient (Wildman–Crippen LogP) is 4.16. The van der Waals surface area contributed by atoms with Crippen molar-refractivity contribution in [3.8, 4) is 5.75 Å². The monoisotopic (exact) mass is 447 g/mol. The van der Waals surface area contributed by atoms with Gasteiger partial charge in [0.05, 0.1) is 24.1 Å². The molecule has 1 fully saturated rings. The summed E-state index contributed by atoms with van der Waals surface area (Å²) in [4.78, 5) is 14.3. The van der Waals surface area contributed by atoms with Gasteiger partial charge in [0.15, 0.2) is 0 Å². The van der Waals surface area contributed by atoms with Gasteiger partial charge in [-0.2, -0.15) is 8.42 Å². The van der Waals surface area contributed by atoms with Crippen LogP contribution in [0.4, 0.5) is 4.79 Å². The first-order valence-electron chi connectivity index (χ1n) is 10.2. The van der Waals surface area contributed by atoms with Gasteiger partial charge in [-0.3, -0.25) is 9.08 Å². The molecule has 0 bridgehead atoms. The zero-order valence-corrected chi connectivity index (χ0v) is 19.1. The molecule has 2 aromatic carbocycles. The van der Waals surface area contributed by atoms with Crippen LogP contribution in [0.2, 0.25) is 0 Å². The van der Waals surface area contributed by atoms with Crippen molar-refractivity contribution in [1.29, 1.82) is 0 Å². The van der Waals surface area contributed by atoms with Crippen molar-refractivity contribution in [2.75, 3.05) is 13.2 Å². The summed E-state index contributed by atoms with van der Waals surface area (Å²) in [6.45, 7) is 7.33. The molecule has 0 aliphatic carbocycles. The Kier molecular flexibility index (Phi) is 6.91. The first-order valence-corrected chi connectivity index (χ1v) is 11.6. The quantitative estimate of drug-likeness (QED) is 0.619. The molecule has 0 saturated carbocycles. The van der Waals surface area contributed by atoms with Crippen LogP contribution in [0.1, 0.15) is 32.8 Å². The zero-order valence-electron chi connectivity index (χ0n) is 18.3. The van der Waals surface area contributed by atoms with Crippen LogP contribution < -0.4 is 4.74 Å². The van der Waals surface area contributed by atoms with E-state index in [1.807, 2.05) is 37.3 Å². The second-order valence-corrected chi connectivity index (χ2v) is 10.2. The van der Waals surface area contributed by atoms with Crippen molar-refractivity contribution in [3.63, 3.8) is 0 Å². The lowest BCUT2D eigenvalue weighted by atomic mass is 10.2. The number of para-hydroxylation sites is 1. The van der Waals surface area contributed by atoms with Crippen molar-refractivity contribution < 1.29 is 26.9 Å². The Morgan fingerprint density at radius 2 is 1.71 bits per heavy atom. The van der Waals surface area contributed by atoms with Crippen LogP contribution in [0, 0.1) is 6.92 Å². The summed E-state index contributed by atoms with van der Waals surface area (Å²) in [7, 11) is -3.94. The second kappa shape index (κ2) is 9.28. The maximum atomic E-state index is 12.7. The van der Waals surface area contributed by atoms with Crippen molar-refractivity contribution in [1.82, 2.24) is 4.90 Å². The zero-order chi connectivity index (χ0) is 22.6. The third-order valence-corrected chi connectivity index (χ3v) is 6.07. The maximum Gasteiger partial charge on any atom is 0.410 e. The molecule has 0 radical (unpaired) electrons. The molecule has 1 aliphatic rings. The van der Waals surface area contributed by atoms with E-state index in [4.69, 9.17) is 13.7 Å². The molecule has 0 aromatic heterocycles.